The second-order valence-electron chi connectivity index (χ2n) is 7.11. The zero-order valence-corrected chi connectivity index (χ0v) is 16.2. The van der Waals surface area contributed by atoms with Gasteiger partial charge in [-0.1, -0.05) is 36.4 Å². The summed E-state index contributed by atoms with van der Waals surface area (Å²) < 4.78 is 78.4. The maximum Gasteiger partial charge on any atom is 0.416 e. The highest BCUT2D eigenvalue weighted by molar-refractivity contribution is 5.78. The van der Waals surface area contributed by atoms with Crippen LogP contribution in [0.3, 0.4) is 0 Å². The Bertz CT molecular complexity index is 1320. The molecule has 1 aromatic heterocycles. The van der Waals surface area contributed by atoms with Gasteiger partial charge in [-0.25, -0.2) is 4.98 Å². The van der Waals surface area contributed by atoms with Gasteiger partial charge in [-0.05, 0) is 42.0 Å². The van der Waals surface area contributed by atoms with Crippen molar-refractivity contribution in [2.75, 3.05) is 0 Å². The second kappa shape index (κ2) is 7.81. The van der Waals surface area contributed by atoms with E-state index >= 15 is 0 Å². The molecule has 0 saturated carbocycles. The van der Waals surface area contributed by atoms with Gasteiger partial charge in [0.25, 0.3) is 5.56 Å². The molecule has 0 fully saturated rings. The number of alkyl halides is 6. The summed E-state index contributed by atoms with van der Waals surface area (Å²) in [6.07, 6.45) is -8.99. The smallest absolute Gasteiger partial charge is 0.300 e. The Morgan fingerprint density at radius 1 is 0.719 bits per heavy atom. The molecular formula is C23H14F6N2O. The van der Waals surface area contributed by atoms with E-state index in [2.05, 4.69) is 4.98 Å². The lowest BCUT2D eigenvalue weighted by Gasteiger charge is -2.14. The summed E-state index contributed by atoms with van der Waals surface area (Å²) in [5.41, 5.74) is -0.745. The van der Waals surface area contributed by atoms with E-state index in [1.54, 1.807) is 24.3 Å². The van der Waals surface area contributed by atoms with Crippen LogP contribution in [0.25, 0.3) is 22.3 Å². The first-order valence-corrected chi connectivity index (χ1v) is 9.37. The van der Waals surface area contributed by atoms with Crippen LogP contribution >= 0.6 is 0 Å². The number of aromatic nitrogens is 2. The Morgan fingerprint density at radius 3 is 1.81 bits per heavy atom. The van der Waals surface area contributed by atoms with Gasteiger partial charge in [0.15, 0.2) is 0 Å². The van der Waals surface area contributed by atoms with Crippen molar-refractivity contribution in [1.82, 2.24) is 9.55 Å². The Balaban J connectivity index is 1.81. The number of para-hydroxylation sites is 2. The monoisotopic (exact) mass is 448 g/mol. The fourth-order valence-electron chi connectivity index (χ4n) is 3.34. The minimum atomic E-state index is -4.52. The molecule has 0 aliphatic carbocycles. The summed E-state index contributed by atoms with van der Waals surface area (Å²) in [6, 6.07) is 15.2. The fraction of sp³-hybridized carbons (Fsp3) is 0.130. The van der Waals surface area contributed by atoms with Crippen LogP contribution in [0.4, 0.5) is 26.3 Å². The summed E-state index contributed by atoms with van der Waals surface area (Å²) in [5.74, 6) is 0. The van der Waals surface area contributed by atoms with Crippen molar-refractivity contribution in [3.05, 3.63) is 99.8 Å². The molecule has 0 spiro atoms. The molecule has 0 amide bonds. The average molecular weight is 448 g/mol. The Morgan fingerprint density at radius 2 is 1.25 bits per heavy atom. The summed E-state index contributed by atoms with van der Waals surface area (Å²) in [5, 5.41) is 0. The summed E-state index contributed by atoms with van der Waals surface area (Å²) in [7, 11) is 0. The number of hydrogen-bond acceptors (Lipinski definition) is 2. The molecule has 0 saturated heterocycles. The standard InChI is InChI=1S/C23H14F6N2O/c24-22(25,26)16-9-5-14(6-10-16)13-31-19-4-2-1-3-18(19)30-20(21(31)32)15-7-11-17(12-8-15)23(27,28)29/h1-12H,13H2. The minimum Gasteiger partial charge on any atom is -0.300 e. The predicted octanol–water partition coefficient (Wildman–Crippen LogP) is 6.15. The van der Waals surface area contributed by atoms with Crippen molar-refractivity contribution in [3.63, 3.8) is 0 Å². The van der Waals surface area contributed by atoms with Gasteiger partial charge in [0.1, 0.15) is 5.69 Å². The first-order valence-electron chi connectivity index (χ1n) is 9.37. The molecule has 32 heavy (non-hydrogen) atoms. The zero-order valence-electron chi connectivity index (χ0n) is 16.2. The van der Waals surface area contributed by atoms with Crippen molar-refractivity contribution in [2.45, 2.75) is 18.9 Å². The van der Waals surface area contributed by atoms with E-state index in [-0.39, 0.29) is 17.8 Å². The molecule has 0 radical (unpaired) electrons. The summed E-state index contributed by atoms with van der Waals surface area (Å²) >= 11 is 0. The van der Waals surface area contributed by atoms with Gasteiger partial charge < -0.3 is 4.57 Å². The molecule has 3 nitrogen and oxygen atoms in total. The third-order valence-electron chi connectivity index (χ3n) is 4.96. The van der Waals surface area contributed by atoms with Crippen molar-refractivity contribution in [1.29, 1.82) is 0 Å². The highest BCUT2D eigenvalue weighted by Crippen LogP contribution is 2.31. The van der Waals surface area contributed by atoms with Gasteiger partial charge in [0.05, 0.1) is 28.7 Å². The molecule has 0 N–H and O–H groups in total. The Kier molecular flexibility index (Phi) is 5.28. The lowest BCUT2D eigenvalue weighted by molar-refractivity contribution is -0.138. The van der Waals surface area contributed by atoms with Crippen LogP contribution in [0.5, 0.6) is 0 Å². The molecule has 164 valence electrons. The van der Waals surface area contributed by atoms with Gasteiger partial charge in [0.2, 0.25) is 0 Å². The summed E-state index contributed by atoms with van der Waals surface area (Å²) in [4.78, 5) is 17.5. The molecule has 0 aliphatic rings. The minimum absolute atomic E-state index is 0.0341. The van der Waals surface area contributed by atoms with E-state index < -0.39 is 29.0 Å². The number of halogens is 6. The highest BCUT2D eigenvalue weighted by atomic mass is 19.4. The number of benzene rings is 3. The molecule has 0 aliphatic heterocycles. The normalized spacial score (nSPS) is 12.3. The first kappa shape index (κ1) is 21.6. The van der Waals surface area contributed by atoms with E-state index in [4.69, 9.17) is 0 Å². The predicted molar refractivity (Wildman–Crippen MR) is 107 cm³/mol. The highest BCUT2D eigenvalue weighted by Gasteiger charge is 2.31. The number of fused-ring (bicyclic) bond motifs is 1. The SMILES string of the molecule is O=c1c(-c2ccc(C(F)(F)F)cc2)nc2ccccc2n1Cc1ccc(C(F)(F)F)cc1. The molecule has 4 aromatic rings. The molecule has 1 heterocycles. The van der Waals surface area contributed by atoms with E-state index in [9.17, 15) is 31.1 Å². The quantitative estimate of drug-likeness (QED) is 0.353. The van der Waals surface area contributed by atoms with Gasteiger partial charge in [-0.3, -0.25) is 4.79 Å². The van der Waals surface area contributed by atoms with Gasteiger partial charge >= 0.3 is 12.4 Å². The Hall–Kier alpha value is -3.62. The van der Waals surface area contributed by atoms with Crippen molar-refractivity contribution >= 4 is 11.0 Å². The van der Waals surface area contributed by atoms with Crippen LogP contribution in [0.2, 0.25) is 0 Å². The third-order valence-corrected chi connectivity index (χ3v) is 4.96. The zero-order chi connectivity index (χ0) is 23.1. The molecule has 0 unspecified atom stereocenters. The average Bonchev–Trinajstić information content (AvgIpc) is 2.75. The van der Waals surface area contributed by atoms with E-state index in [1.807, 2.05) is 0 Å². The number of nitrogens with zero attached hydrogens (tertiary/aromatic N) is 2. The van der Waals surface area contributed by atoms with Crippen LogP contribution < -0.4 is 5.56 Å². The second-order valence-corrected chi connectivity index (χ2v) is 7.11. The van der Waals surface area contributed by atoms with E-state index in [0.29, 0.717) is 16.6 Å². The van der Waals surface area contributed by atoms with Crippen LogP contribution in [0, 0.1) is 0 Å². The van der Waals surface area contributed by atoms with Crippen molar-refractivity contribution < 1.29 is 26.3 Å². The lowest BCUT2D eigenvalue weighted by Crippen LogP contribution is -2.24. The molecular weight excluding hydrogens is 434 g/mol. The van der Waals surface area contributed by atoms with Crippen LogP contribution in [0.1, 0.15) is 16.7 Å². The number of rotatable bonds is 3. The largest absolute Gasteiger partial charge is 0.416 e. The molecule has 0 bridgehead atoms. The van der Waals surface area contributed by atoms with Gasteiger partial charge in [-0.2, -0.15) is 26.3 Å². The molecule has 3 aromatic carbocycles. The van der Waals surface area contributed by atoms with Crippen LogP contribution in [0.15, 0.2) is 77.6 Å². The lowest BCUT2D eigenvalue weighted by atomic mass is 10.1. The molecule has 9 heteroatoms. The van der Waals surface area contributed by atoms with E-state index in [0.717, 1.165) is 24.3 Å². The fourth-order valence-corrected chi connectivity index (χ4v) is 3.34. The van der Waals surface area contributed by atoms with Gasteiger partial charge in [0, 0.05) is 5.56 Å². The van der Waals surface area contributed by atoms with Crippen molar-refractivity contribution in [3.8, 4) is 11.3 Å². The van der Waals surface area contributed by atoms with Gasteiger partial charge in [-0.15, -0.1) is 0 Å². The van der Waals surface area contributed by atoms with Crippen molar-refractivity contribution in [2.24, 2.45) is 0 Å². The van der Waals surface area contributed by atoms with Crippen LogP contribution in [-0.2, 0) is 18.9 Å². The maximum absolute atomic E-state index is 13.2. The summed E-state index contributed by atoms with van der Waals surface area (Å²) in [6.45, 7) is -0.0341. The molecule has 4 rings (SSSR count). The number of hydrogen-bond donors (Lipinski definition) is 0. The molecule has 0 atom stereocenters. The Labute approximate surface area is 177 Å². The van der Waals surface area contributed by atoms with E-state index in [1.165, 1.54) is 28.8 Å². The van der Waals surface area contributed by atoms with Crippen LogP contribution in [-0.4, -0.2) is 9.55 Å². The maximum atomic E-state index is 13.2. The third kappa shape index (κ3) is 4.23. The topological polar surface area (TPSA) is 34.9 Å². The first-order chi connectivity index (χ1) is 15.0.